The first-order valence-electron chi connectivity index (χ1n) is 7.52. The third kappa shape index (κ3) is 3.34. The molecule has 138 valence electrons. The number of carbonyl (C=O) groups excluding carboxylic acids is 1. The van der Waals surface area contributed by atoms with Crippen molar-refractivity contribution in [3.63, 3.8) is 0 Å². The van der Waals surface area contributed by atoms with Crippen molar-refractivity contribution in [1.29, 1.82) is 0 Å². The predicted molar refractivity (Wildman–Crippen MR) is 91.6 cm³/mol. The molecule has 2 aromatic rings. The van der Waals surface area contributed by atoms with Crippen molar-refractivity contribution in [2.24, 2.45) is 5.73 Å². The van der Waals surface area contributed by atoms with Gasteiger partial charge in [-0.3, -0.25) is 14.2 Å². The molecule has 0 saturated carbocycles. The number of carboxylic acid groups (broad SMARTS) is 1. The van der Waals surface area contributed by atoms with Gasteiger partial charge in [-0.15, -0.1) is 11.8 Å². The van der Waals surface area contributed by atoms with Crippen LogP contribution < -0.4 is 11.5 Å². The van der Waals surface area contributed by atoms with Crippen LogP contribution in [0.2, 0.25) is 0 Å². The van der Waals surface area contributed by atoms with Gasteiger partial charge in [-0.05, 0) is 12.2 Å². The predicted octanol–water partition coefficient (Wildman–Crippen LogP) is -0.756. The molecule has 0 amide bonds. The SMILES string of the molecule is Nc1ncnc2c1ncn2[C@@H]1O/C(=C/SCC[C@@H](N)C(=O)O)C(=O)[C@H]1O. The highest BCUT2D eigenvalue weighted by Gasteiger charge is 2.41. The molecule has 1 aliphatic heterocycles. The van der Waals surface area contributed by atoms with Crippen LogP contribution in [0.4, 0.5) is 5.82 Å². The monoisotopic (exact) mass is 380 g/mol. The second-order valence-electron chi connectivity index (χ2n) is 5.49. The third-order valence-electron chi connectivity index (χ3n) is 3.74. The highest BCUT2D eigenvalue weighted by Crippen LogP contribution is 2.32. The number of aliphatic hydroxyl groups is 1. The van der Waals surface area contributed by atoms with Crippen molar-refractivity contribution >= 4 is 40.5 Å². The molecule has 6 N–H and O–H groups in total. The lowest BCUT2D eigenvalue weighted by Gasteiger charge is -2.14. The number of thioether (sulfide) groups is 1. The van der Waals surface area contributed by atoms with E-state index < -0.39 is 30.1 Å². The van der Waals surface area contributed by atoms with Crippen LogP contribution in [0.3, 0.4) is 0 Å². The molecule has 2 aromatic heterocycles. The van der Waals surface area contributed by atoms with Gasteiger partial charge < -0.3 is 26.4 Å². The molecule has 11 nitrogen and oxygen atoms in total. The molecule has 0 bridgehead atoms. The zero-order valence-electron chi connectivity index (χ0n) is 13.3. The van der Waals surface area contributed by atoms with Crippen molar-refractivity contribution in [3.05, 3.63) is 23.8 Å². The van der Waals surface area contributed by atoms with Gasteiger partial charge in [0.15, 0.2) is 23.3 Å². The van der Waals surface area contributed by atoms with E-state index in [0.29, 0.717) is 16.9 Å². The Morgan fingerprint density at radius 2 is 2.23 bits per heavy atom. The number of hydrogen-bond donors (Lipinski definition) is 4. The van der Waals surface area contributed by atoms with Crippen LogP contribution in [0.1, 0.15) is 12.6 Å². The number of aliphatic carboxylic acids is 1. The lowest BCUT2D eigenvalue weighted by molar-refractivity contribution is -0.138. The molecular weight excluding hydrogens is 364 g/mol. The average Bonchev–Trinajstić information content (AvgIpc) is 3.15. The number of nitrogen functional groups attached to an aromatic ring is 1. The Bertz CT molecular complexity index is 884. The number of anilines is 1. The maximum absolute atomic E-state index is 12.2. The Balaban J connectivity index is 1.73. The van der Waals surface area contributed by atoms with Crippen molar-refractivity contribution in [3.8, 4) is 0 Å². The van der Waals surface area contributed by atoms with E-state index in [1.165, 1.54) is 34.4 Å². The summed E-state index contributed by atoms with van der Waals surface area (Å²) in [5.74, 6) is -1.15. The summed E-state index contributed by atoms with van der Waals surface area (Å²) in [6.07, 6.45) is 0.370. The first-order chi connectivity index (χ1) is 12.4. The number of imidazole rings is 1. The molecule has 0 aromatic carbocycles. The highest BCUT2D eigenvalue weighted by molar-refractivity contribution is 8.02. The van der Waals surface area contributed by atoms with Crippen molar-refractivity contribution in [1.82, 2.24) is 19.5 Å². The van der Waals surface area contributed by atoms with Gasteiger partial charge in [-0.2, -0.15) is 0 Å². The summed E-state index contributed by atoms with van der Waals surface area (Å²) in [5.41, 5.74) is 11.8. The molecule has 12 heteroatoms. The van der Waals surface area contributed by atoms with Crippen LogP contribution in [-0.4, -0.2) is 59.4 Å². The van der Waals surface area contributed by atoms with E-state index >= 15 is 0 Å². The Kier molecular flexibility index (Phi) is 5.06. The van der Waals surface area contributed by atoms with Crippen molar-refractivity contribution in [2.45, 2.75) is 24.8 Å². The Morgan fingerprint density at radius 3 is 2.96 bits per heavy atom. The third-order valence-corrected chi connectivity index (χ3v) is 4.60. The summed E-state index contributed by atoms with van der Waals surface area (Å²) in [6.45, 7) is 0. The maximum Gasteiger partial charge on any atom is 0.320 e. The van der Waals surface area contributed by atoms with Crippen LogP contribution in [-0.2, 0) is 14.3 Å². The smallest absolute Gasteiger partial charge is 0.320 e. The topological polar surface area (TPSA) is 179 Å². The molecule has 1 aliphatic rings. The molecule has 0 aliphatic carbocycles. The number of fused-ring (bicyclic) bond motifs is 1. The fourth-order valence-corrected chi connectivity index (χ4v) is 3.16. The van der Waals surface area contributed by atoms with E-state index in [4.69, 9.17) is 21.3 Å². The molecule has 3 atom stereocenters. The molecule has 1 fully saturated rings. The van der Waals surface area contributed by atoms with Gasteiger partial charge in [0, 0.05) is 5.41 Å². The number of nitrogens with zero attached hydrogens (tertiary/aromatic N) is 4. The van der Waals surface area contributed by atoms with E-state index in [9.17, 15) is 14.7 Å². The molecular formula is C14H16N6O5S. The first-order valence-corrected chi connectivity index (χ1v) is 8.57. The van der Waals surface area contributed by atoms with E-state index in [2.05, 4.69) is 15.0 Å². The number of hydrogen-bond acceptors (Lipinski definition) is 10. The van der Waals surface area contributed by atoms with Gasteiger partial charge in [-0.25, -0.2) is 15.0 Å². The van der Waals surface area contributed by atoms with Crippen LogP contribution >= 0.6 is 11.8 Å². The average molecular weight is 380 g/mol. The van der Waals surface area contributed by atoms with E-state index in [1.807, 2.05) is 0 Å². The number of aliphatic hydroxyl groups excluding tert-OH is 1. The Morgan fingerprint density at radius 1 is 1.46 bits per heavy atom. The van der Waals surface area contributed by atoms with Gasteiger partial charge in [0.05, 0.1) is 0 Å². The lowest BCUT2D eigenvalue weighted by atomic mass is 10.2. The van der Waals surface area contributed by atoms with E-state index in [-0.39, 0.29) is 18.0 Å². The zero-order valence-corrected chi connectivity index (χ0v) is 14.2. The number of carboxylic acids is 1. The standard InChI is InChI=1S/C14H16N6O5S/c15-6(14(23)24)1-2-26-3-7-9(21)10(22)13(25-7)20-5-19-8-11(16)17-4-18-12(8)20/h3-6,10,13,22H,1-2,15H2,(H,23,24)(H2,16,17,18)/b7-3+/t6-,10-,13-/m1/s1. The second kappa shape index (κ2) is 7.27. The first kappa shape index (κ1) is 18.1. The minimum absolute atomic E-state index is 0.0275. The van der Waals surface area contributed by atoms with E-state index in [0.717, 1.165) is 0 Å². The largest absolute Gasteiger partial charge is 0.480 e. The van der Waals surface area contributed by atoms with Crippen LogP contribution in [0, 0.1) is 0 Å². The lowest BCUT2D eigenvalue weighted by Crippen LogP contribution is -2.30. The summed E-state index contributed by atoms with van der Waals surface area (Å²) in [5, 5.41) is 20.4. The molecule has 0 radical (unpaired) electrons. The van der Waals surface area contributed by atoms with Gasteiger partial charge >= 0.3 is 5.97 Å². The van der Waals surface area contributed by atoms with Gasteiger partial charge in [0.2, 0.25) is 12.0 Å². The van der Waals surface area contributed by atoms with Gasteiger partial charge in [0.1, 0.15) is 24.2 Å². The van der Waals surface area contributed by atoms with Crippen LogP contribution in [0.15, 0.2) is 23.8 Å². The molecule has 26 heavy (non-hydrogen) atoms. The molecule has 3 rings (SSSR count). The molecule has 3 heterocycles. The number of nitrogens with two attached hydrogens (primary N) is 2. The van der Waals surface area contributed by atoms with Gasteiger partial charge in [-0.1, -0.05) is 0 Å². The number of ether oxygens (including phenoxy) is 1. The summed E-state index contributed by atoms with van der Waals surface area (Å²) in [4.78, 5) is 34.8. The highest BCUT2D eigenvalue weighted by atomic mass is 32.2. The fraction of sp³-hybridized carbons (Fsp3) is 0.357. The Hall–Kier alpha value is -2.70. The number of ketones is 1. The zero-order chi connectivity index (χ0) is 18.8. The minimum atomic E-state index is -1.43. The quantitative estimate of drug-likeness (QED) is 0.365. The second-order valence-corrected chi connectivity index (χ2v) is 6.46. The van der Waals surface area contributed by atoms with Crippen LogP contribution in [0.25, 0.3) is 11.2 Å². The summed E-state index contributed by atoms with van der Waals surface area (Å²) < 4.78 is 6.95. The van der Waals surface area contributed by atoms with Crippen LogP contribution in [0.5, 0.6) is 0 Å². The van der Waals surface area contributed by atoms with Crippen molar-refractivity contribution < 1.29 is 24.5 Å². The minimum Gasteiger partial charge on any atom is -0.480 e. The number of rotatable bonds is 6. The number of aromatic nitrogens is 4. The molecule has 0 spiro atoms. The summed E-state index contributed by atoms with van der Waals surface area (Å²) in [6, 6.07) is -0.970. The molecule has 0 unspecified atom stereocenters. The van der Waals surface area contributed by atoms with Crippen molar-refractivity contribution in [2.75, 3.05) is 11.5 Å². The Labute approximate surface area is 151 Å². The number of Topliss-reactive ketones (excluding diaryl/α,β-unsaturated/α-hetero) is 1. The van der Waals surface area contributed by atoms with E-state index in [1.54, 1.807) is 0 Å². The number of carbonyl (C=O) groups is 2. The summed E-state index contributed by atoms with van der Waals surface area (Å²) >= 11 is 1.17. The molecule has 1 saturated heterocycles. The normalized spacial score (nSPS) is 22.7. The van der Waals surface area contributed by atoms with Gasteiger partial charge in [0.25, 0.3) is 0 Å². The summed E-state index contributed by atoms with van der Waals surface area (Å²) in [7, 11) is 0. The fourth-order valence-electron chi connectivity index (χ4n) is 2.33. The maximum atomic E-state index is 12.2.